The topological polar surface area (TPSA) is 97.0 Å². The normalized spacial score (nSPS) is 10.5. The van der Waals surface area contributed by atoms with Crippen LogP contribution in [0.3, 0.4) is 0 Å². The van der Waals surface area contributed by atoms with Crippen LogP contribution in [-0.4, -0.2) is 35.4 Å². The average Bonchev–Trinajstić information content (AvgIpc) is 2.93. The second-order valence-electron chi connectivity index (χ2n) is 3.79. The Bertz CT molecular complexity index is 711. The Balaban J connectivity index is 1.99. The zero-order chi connectivity index (χ0) is 13.2. The van der Waals surface area contributed by atoms with E-state index >= 15 is 0 Å². The Morgan fingerprint density at radius 3 is 2.63 bits per heavy atom. The van der Waals surface area contributed by atoms with Crippen LogP contribution in [0.4, 0.5) is 0 Å². The lowest BCUT2D eigenvalue weighted by molar-refractivity contribution is 0.403. The predicted octanol–water partition coefficient (Wildman–Crippen LogP) is 1.14. The Hall–Kier alpha value is -2.96. The van der Waals surface area contributed by atoms with E-state index in [0.717, 1.165) is 0 Å². The van der Waals surface area contributed by atoms with Crippen LogP contribution in [0.1, 0.15) is 0 Å². The van der Waals surface area contributed by atoms with Crippen molar-refractivity contribution in [2.24, 2.45) is 0 Å². The fourth-order valence-corrected chi connectivity index (χ4v) is 1.56. The standard InChI is InChI=1S/C12H9N5O2/c18-10-5-4-8(7-11(10)19)17-15-12(14-16-17)9-3-1-2-6-13-9/h1-7,18-19H. The molecule has 3 aromatic rings. The van der Waals surface area contributed by atoms with E-state index in [9.17, 15) is 10.2 Å². The van der Waals surface area contributed by atoms with Crippen molar-refractivity contribution in [3.8, 4) is 28.7 Å². The van der Waals surface area contributed by atoms with Crippen molar-refractivity contribution in [2.45, 2.75) is 0 Å². The molecular formula is C12H9N5O2. The molecule has 0 unspecified atom stereocenters. The molecule has 0 bridgehead atoms. The second kappa shape index (κ2) is 4.37. The Morgan fingerprint density at radius 2 is 1.89 bits per heavy atom. The number of benzene rings is 1. The lowest BCUT2D eigenvalue weighted by Gasteiger charge is -2.00. The van der Waals surface area contributed by atoms with Crippen molar-refractivity contribution in [3.63, 3.8) is 0 Å². The summed E-state index contributed by atoms with van der Waals surface area (Å²) in [6.45, 7) is 0. The zero-order valence-electron chi connectivity index (χ0n) is 9.67. The molecule has 0 radical (unpaired) electrons. The summed E-state index contributed by atoms with van der Waals surface area (Å²) in [5, 5.41) is 30.6. The highest BCUT2D eigenvalue weighted by Crippen LogP contribution is 2.26. The molecule has 3 rings (SSSR count). The number of pyridine rings is 1. The molecule has 0 spiro atoms. The first kappa shape index (κ1) is 11.1. The molecule has 0 saturated heterocycles. The fourth-order valence-electron chi connectivity index (χ4n) is 1.56. The van der Waals surface area contributed by atoms with Gasteiger partial charge in [0.05, 0.1) is 5.69 Å². The van der Waals surface area contributed by atoms with Gasteiger partial charge in [-0.25, -0.2) is 0 Å². The van der Waals surface area contributed by atoms with Gasteiger partial charge in [0.25, 0.3) is 0 Å². The van der Waals surface area contributed by atoms with Gasteiger partial charge in [-0.3, -0.25) is 4.98 Å². The van der Waals surface area contributed by atoms with Crippen LogP contribution < -0.4 is 0 Å². The molecule has 0 atom stereocenters. The van der Waals surface area contributed by atoms with Gasteiger partial charge in [0, 0.05) is 12.3 Å². The minimum atomic E-state index is -0.241. The largest absolute Gasteiger partial charge is 0.504 e. The van der Waals surface area contributed by atoms with Crippen molar-refractivity contribution in [3.05, 3.63) is 42.6 Å². The number of phenolic OH excluding ortho intramolecular Hbond substituents is 2. The van der Waals surface area contributed by atoms with Gasteiger partial charge < -0.3 is 10.2 Å². The van der Waals surface area contributed by atoms with Gasteiger partial charge in [-0.1, -0.05) is 6.07 Å². The highest BCUT2D eigenvalue weighted by molar-refractivity contribution is 5.49. The first-order valence-corrected chi connectivity index (χ1v) is 5.48. The van der Waals surface area contributed by atoms with Crippen LogP contribution in [0.5, 0.6) is 11.5 Å². The van der Waals surface area contributed by atoms with Crippen molar-refractivity contribution >= 4 is 0 Å². The molecule has 2 aromatic heterocycles. The van der Waals surface area contributed by atoms with E-state index < -0.39 is 0 Å². The summed E-state index contributed by atoms with van der Waals surface area (Å²) >= 11 is 0. The van der Waals surface area contributed by atoms with E-state index in [2.05, 4.69) is 20.4 Å². The molecule has 19 heavy (non-hydrogen) atoms. The molecule has 94 valence electrons. The van der Waals surface area contributed by atoms with Crippen molar-refractivity contribution in [1.82, 2.24) is 25.2 Å². The Kier molecular flexibility index (Phi) is 2.57. The van der Waals surface area contributed by atoms with Crippen LogP contribution in [0, 0.1) is 0 Å². The van der Waals surface area contributed by atoms with Gasteiger partial charge in [0.2, 0.25) is 5.82 Å². The highest BCUT2D eigenvalue weighted by Gasteiger charge is 2.09. The van der Waals surface area contributed by atoms with E-state index in [0.29, 0.717) is 17.2 Å². The third-order valence-electron chi connectivity index (χ3n) is 2.50. The summed E-state index contributed by atoms with van der Waals surface area (Å²) in [6, 6.07) is 9.67. The van der Waals surface area contributed by atoms with E-state index in [1.165, 1.54) is 16.9 Å². The maximum atomic E-state index is 9.43. The Labute approximate surface area is 107 Å². The Morgan fingerprint density at radius 1 is 1.00 bits per heavy atom. The third kappa shape index (κ3) is 2.08. The number of aromatic nitrogens is 5. The molecule has 0 aliphatic carbocycles. The molecule has 0 amide bonds. The summed E-state index contributed by atoms with van der Waals surface area (Å²) in [7, 11) is 0. The molecule has 0 aliphatic heterocycles. The second-order valence-corrected chi connectivity index (χ2v) is 3.79. The number of hydrogen-bond donors (Lipinski definition) is 2. The van der Waals surface area contributed by atoms with E-state index in [4.69, 9.17) is 0 Å². The van der Waals surface area contributed by atoms with Gasteiger partial charge in [-0.2, -0.15) is 0 Å². The molecule has 7 heteroatoms. The van der Waals surface area contributed by atoms with Crippen molar-refractivity contribution in [1.29, 1.82) is 0 Å². The van der Waals surface area contributed by atoms with Crippen molar-refractivity contribution in [2.75, 3.05) is 0 Å². The average molecular weight is 255 g/mol. The van der Waals surface area contributed by atoms with Crippen LogP contribution in [0.2, 0.25) is 0 Å². The summed E-state index contributed by atoms with van der Waals surface area (Å²) in [4.78, 5) is 5.37. The summed E-state index contributed by atoms with van der Waals surface area (Å²) in [5.74, 6) is -0.0591. The number of rotatable bonds is 2. The number of nitrogens with zero attached hydrogens (tertiary/aromatic N) is 5. The van der Waals surface area contributed by atoms with E-state index in [1.807, 2.05) is 6.07 Å². The predicted molar refractivity (Wildman–Crippen MR) is 65.7 cm³/mol. The molecule has 0 saturated carbocycles. The number of hydrogen-bond acceptors (Lipinski definition) is 6. The number of tetrazole rings is 1. The van der Waals surface area contributed by atoms with Crippen LogP contribution in [0.15, 0.2) is 42.6 Å². The summed E-state index contributed by atoms with van der Waals surface area (Å²) in [6.07, 6.45) is 1.64. The first-order valence-electron chi connectivity index (χ1n) is 5.48. The van der Waals surface area contributed by atoms with E-state index in [1.54, 1.807) is 24.4 Å². The maximum Gasteiger partial charge on any atom is 0.223 e. The fraction of sp³-hybridized carbons (Fsp3) is 0. The lowest BCUT2D eigenvalue weighted by Crippen LogP contribution is -1.98. The van der Waals surface area contributed by atoms with Crippen LogP contribution in [-0.2, 0) is 0 Å². The zero-order valence-corrected chi connectivity index (χ0v) is 9.67. The van der Waals surface area contributed by atoms with Gasteiger partial charge in [-0.15, -0.1) is 15.0 Å². The van der Waals surface area contributed by atoms with Crippen LogP contribution >= 0.6 is 0 Å². The monoisotopic (exact) mass is 255 g/mol. The molecule has 2 N–H and O–H groups in total. The lowest BCUT2D eigenvalue weighted by atomic mass is 10.3. The molecule has 2 heterocycles. The van der Waals surface area contributed by atoms with E-state index in [-0.39, 0.29) is 11.5 Å². The first-order chi connectivity index (χ1) is 9.24. The highest BCUT2D eigenvalue weighted by atomic mass is 16.3. The number of phenols is 2. The maximum absolute atomic E-state index is 9.43. The van der Waals surface area contributed by atoms with Gasteiger partial charge in [-0.05, 0) is 29.5 Å². The number of aromatic hydroxyl groups is 2. The van der Waals surface area contributed by atoms with Gasteiger partial charge >= 0.3 is 0 Å². The minimum absolute atomic E-state index is 0.200. The third-order valence-corrected chi connectivity index (χ3v) is 2.50. The SMILES string of the molecule is Oc1ccc(-n2nnc(-c3ccccn3)n2)cc1O. The minimum Gasteiger partial charge on any atom is -0.504 e. The van der Waals surface area contributed by atoms with Gasteiger partial charge in [0.15, 0.2) is 11.5 Å². The van der Waals surface area contributed by atoms with Gasteiger partial charge in [0.1, 0.15) is 5.69 Å². The van der Waals surface area contributed by atoms with Crippen molar-refractivity contribution < 1.29 is 10.2 Å². The smallest absolute Gasteiger partial charge is 0.223 e. The van der Waals surface area contributed by atoms with Crippen LogP contribution in [0.25, 0.3) is 17.2 Å². The summed E-state index contributed by atoms with van der Waals surface area (Å²) < 4.78 is 0. The molecule has 1 aromatic carbocycles. The molecule has 7 nitrogen and oxygen atoms in total. The molecule has 0 fully saturated rings. The quantitative estimate of drug-likeness (QED) is 0.666. The molecular weight excluding hydrogens is 246 g/mol. The summed E-state index contributed by atoms with van der Waals surface area (Å²) in [5.41, 5.74) is 1.10. The molecule has 0 aliphatic rings.